The lowest BCUT2D eigenvalue weighted by Crippen LogP contribution is -1.78. The predicted molar refractivity (Wildman–Crippen MR) is 58.9 cm³/mol. The zero-order chi connectivity index (χ0) is 9.84. The lowest BCUT2D eigenvalue weighted by Gasteiger charge is -1.98. The minimum atomic E-state index is 0.668. The Morgan fingerprint density at radius 3 is 2.77 bits per heavy atom. The smallest absolute Gasteiger partial charge is 0.145 e. The summed E-state index contributed by atoms with van der Waals surface area (Å²) < 4.78 is 0.835. The quantitative estimate of drug-likeness (QED) is 0.584. The van der Waals surface area contributed by atoms with E-state index in [0.717, 1.165) is 16.3 Å². The fraction of sp³-hybridized carbons (Fsp3) is 0.100. The Labute approximate surface area is 90.5 Å². The van der Waals surface area contributed by atoms with Crippen molar-refractivity contribution in [1.82, 2.24) is 0 Å². The molecule has 0 saturated heterocycles. The van der Waals surface area contributed by atoms with Crippen molar-refractivity contribution in [2.24, 2.45) is 0 Å². The first-order valence-corrected chi connectivity index (χ1v) is 4.89. The molecule has 1 aromatic carbocycles. The number of hydrogen-bond donors (Lipinski definition) is 0. The van der Waals surface area contributed by atoms with Crippen LogP contribution in [0.1, 0.15) is 12.5 Å². The number of aldehydes is 1. The lowest BCUT2D eigenvalue weighted by atomic mass is 10.1. The molecular weight excluding hydrogens is 251 g/mol. The Hall–Kier alpha value is -0.600. The van der Waals surface area contributed by atoms with Gasteiger partial charge in [0.15, 0.2) is 0 Å². The van der Waals surface area contributed by atoms with E-state index >= 15 is 0 Å². The van der Waals surface area contributed by atoms with Crippen molar-refractivity contribution in [3.63, 3.8) is 0 Å². The Kier molecular flexibility index (Phi) is 3.70. The summed E-state index contributed by atoms with van der Waals surface area (Å²) in [6.45, 7) is 1.76. The highest BCUT2D eigenvalue weighted by Crippen LogP contribution is 2.23. The summed E-state index contributed by atoms with van der Waals surface area (Å²) in [5, 5.41) is 0.668. The topological polar surface area (TPSA) is 17.1 Å². The molecule has 0 aliphatic rings. The van der Waals surface area contributed by atoms with Crippen LogP contribution >= 0.6 is 27.5 Å². The van der Waals surface area contributed by atoms with Crippen LogP contribution in [0.15, 0.2) is 28.2 Å². The second kappa shape index (κ2) is 4.58. The summed E-state index contributed by atoms with van der Waals surface area (Å²) >= 11 is 9.12. The normalized spacial score (nSPS) is 11.5. The highest BCUT2D eigenvalue weighted by Gasteiger charge is 1.96. The Balaban J connectivity index is 3.04. The number of allylic oxidation sites excluding steroid dienone is 1. The highest BCUT2D eigenvalue weighted by molar-refractivity contribution is 9.10. The molecule has 0 N–H and O–H groups in total. The Morgan fingerprint density at radius 2 is 2.23 bits per heavy atom. The van der Waals surface area contributed by atoms with Gasteiger partial charge in [0.1, 0.15) is 6.29 Å². The van der Waals surface area contributed by atoms with Crippen LogP contribution in [0.4, 0.5) is 0 Å². The maximum atomic E-state index is 10.4. The number of hydrogen-bond acceptors (Lipinski definition) is 1. The maximum absolute atomic E-state index is 10.4. The zero-order valence-corrected chi connectivity index (χ0v) is 9.39. The molecule has 0 atom stereocenters. The molecule has 0 heterocycles. The van der Waals surface area contributed by atoms with Crippen molar-refractivity contribution in [2.45, 2.75) is 6.92 Å². The molecule has 0 aliphatic heterocycles. The molecule has 0 unspecified atom stereocenters. The average Bonchev–Trinajstić information content (AvgIpc) is 2.11. The molecule has 3 heteroatoms. The van der Waals surface area contributed by atoms with Crippen molar-refractivity contribution >= 4 is 39.9 Å². The molecule has 13 heavy (non-hydrogen) atoms. The van der Waals surface area contributed by atoms with Crippen molar-refractivity contribution < 1.29 is 4.79 Å². The molecule has 0 bridgehead atoms. The van der Waals surface area contributed by atoms with Gasteiger partial charge in [-0.15, -0.1) is 0 Å². The number of benzene rings is 1. The molecule has 0 amide bonds. The summed E-state index contributed by atoms with van der Waals surface area (Å²) in [5.74, 6) is 0. The van der Waals surface area contributed by atoms with E-state index in [9.17, 15) is 4.79 Å². The van der Waals surface area contributed by atoms with Gasteiger partial charge in [-0.3, -0.25) is 4.79 Å². The maximum Gasteiger partial charge on any atom is 0.145 e. The van der Waals surface area contributed by atoms with E-state index in [-0.39, 0.29) is 0 Å². The fourth-order valence-electron chi connectivity index (χ4n) is 0.899. The third-order valence-corrected chi connectivity index (χ3v) is 2.74. The van der Waals surface area contributed by atoms with Gasteiger partial charge in [0.05, 0.1) is 5.02 Å². The van der Waals surface area contributed by atoms with Gasteiger partial charge in [-0.25, -0.2) is 0 Å². The summed E-state index contributed by atoms with van der Waals surface area (Å²) in [4.78, 5) is 10.4. The van der Waals surface area contributed by atoms with Gasteiger partial charge in [-0.05, 0) is 52.2 Å². The predicted octanol–water partition coefficient (Wildman–Crippen LogP) is 3.70. The molecule has 1 rings (SSSR count). The van der Waals surface area contributed by atoms with Crippen molar-refractivity contribution in [2.75, 3.05) is 0 Å². The third kappa shape index (κ3) is 2.98. The minimum absolute atomic E-state index is 0.668. The molecule has 1 aromatic rings. The summed E-state index contributed by atoms with van der Waals surface area (Å²) in [6.07, 6.45) is 2.62. The van der Waals surface area contributed by atoms with Crippen molar-refractivity contribution in [3.8, 4) is 0 Å². The van der Waals surface area contributed by atoms with Gasteiger partial charge in [-0.1, -0.05) is 17.7 Å². The zero-order valence-electron chi connectivity index (χ0n) is 7.05. The van der Waals surface area contributed by atoms with E-state index in [1.54, 1.807) is 19.1 Å². The van der Waals surface area contributed by atoms with Crippen LogP contribution < -0.4 is 0 Å². The van der Waals surface area contributed by atoms with Crippen LogP contribution in [0.25, 0.3) is 6.08 Å². The SMILES string of the molecule is C/C(C=O)=C/c1ccc(Cl)c(Br)c1. The van der Waals surface area contributed by atoms with E-state index in [4.69, 9.17) is 11.6 Å². The molecule has 68 valence electrons. The van der Waals surface area contributed by atoms with Crippen LogP contribution in [0, 0.1) is 0 Å². The Bertz CT molecular complexity index is 358. The molecule has 0 spiro atoms. The second-order valence-corrected chi connectivity index (χ2v) is 3.94. The van der Waals surface area contributed by atoms with E-state index in [1.165, 1.54) is 0 Å². The van der Waals surface area contributed by atoms with E-state index in [2.05, 4.69) is 15.9 Å². The van der Waals surface area contributed by atoms with Gasteiger partial charge >= 0.3 is 0 Å². The second-order valence-electron chi connectivity index (χ2n) is 2.68. The van der Waals surface area contributed by atoms with Gasteiger partial charge in [0.25, 0.3) is 0 Å². The van der Waals surface area contributed by atoms with Crippen molar-refractivity contribution in [3.05, 3.63) is 38.8 Å². The number of rotatable bonds is 2. The number of carbonyl (C=O) groups excluding carboxylic acids is 1. The average molecular weight is 260 g/mol. The van der Waals surface area contributed by atoms with E-state index in [0.29, 0.717) is 10.6 Å². The van der Waals surface area contributed by atoms with Crippen LogP contribution in [0.5, 0.6) is 0 Å². The molecule has 0 radical (unpaired) electrons. The van der Waals surface area contributed by atoms with Gasteiger partial charge in [0.2, 0.25) is 0 Å². The minimum Gasteiger partial charge on any atom is -0.298 e. The van der Waals surface area contributed by atoms with Crippen LogP contribution in [-0.2, 0) is 4.79 Å². The van der Waals surface area contributed by atoms with Crippen LogP contribution in [0.2, 0.25) is 5.02 Å². The highest BCUT2D eigenvalue weighted by atomic mass is 79.9. The molecule has 0 saturated carbocycles. The summed E-state index contributed by atoms with van der Waals surface area (Å²) in [7, 11) is 0. The number of halogens is 2. The van der Waals surface area contributed by atoms with Crippen LogP contribution in [0.3, 0.4) is 0 Å². The van der Waals surface area contributed by atoms with Gasteiger partial charge < -0.3 is 0 Å². The standard InChI is InChI=1S/C10H8BrClO/c1-7(6-13)4-8-2-3-10(12)9(11)5-8/h2-6H,1H3/b7-4-. The first-order valence-electron chi connectivity index (χ1n) is 3.72. The molecule has 1 nitrogen and oxygen atoms in total. The summed E-state index contributed by atoms with van der Waals surface area (Å²) in [6, 6.07) is 5.52. The van der Waals surface area contributed by atoms with E-state index < -0.39 is 0 Å². The van der Waals surface area contributed by atoms with Gasteiger partial charge in [0, 0.05) is 4.47 Å². The summed E-state index contributed by atoms with van der Waals surface area (Å²) in [5.41, 5.74) is 1.65. The first-order chi connectivity index (χ1) is 6.13. The largest absolute Gasteiger partial charge is 0.298 e. The van der Waals surface area contributed by atoms with E-state index in [1.807, 2.05) is 12.1 Å². The third-order valence-electron chi connectivity index (χ3n) is 1.52. The lowest BCUT2D eigenvalue weighted by molar-refractivity contribution is -0.104. The number of carbonyl (C=O) groups is 1. The molecular formula is C10H8BrClO. The molecule has 0 aliphatic carbocycles. The molecule has 0 aromatic heterocycles. The Morgan fingerprint density at radius 1 is 1.54 bits per heavy atom. The fourth-order valence-corrected chi connectivity index (χ4v) is 1.41. The first kappa shape index (κ1) is 10.5. The van der Waals surface area contributed by atoms with Gasteiger partial charge in [-0.2, -0.15) is 0 Å². The molecule has 0 fully saturated rings. The van der Waals surface area contributed by atoms with Crippen molar-refractivity contribution in [1.29, 1.82) is 0 Å². The van der Waals surface area contributed by atoms with Crippen LogP contribution in [-0.4, -0.2) is 6.29 Å². The monoisotopic (exact) mass is 258 g/mol.